The number of H-pyrrole nitrogens is 3. The van der Waals surface area contributed by atoms with E-state index < -0.39 is 0 Å². The van der Waals surface area contributed by atoms with Gasteiger partial charge in [0.25, 0.3) is 0 Å². The van der Waals surface area contributed by atoms with Crippen LogP contribution in [0.25, 0.3) is 11.0 Å². The number of likely N-dealkylation sites (tertiary alicyclic amines) is 1. The van der Waals surface area contributed by atoms with Crippen LogP contribution in [0.4, 0.5) is 10.5 Å². The average molecular weight is 371 g/mol. The van der Waals surface area contributed by atoms with Crippen molar-refractivity contribution in [1.29, 1.82) is 0 Å². The van der Waals surface area contributed by atoms with Gasteiger partial charge in [-0.1, -0.05) is 0 Å². The molecule has 10 heteroatoms. The molecular formula is C17H21N7O3. The van der Waals surface area contributed by atoms with Crippen LogP contribution < -0.4 is 15.7 Å². The summed E-state index contributed by atoms with van der Waals surface area (Å²) in [4.78, 5) is 35.8. The zero-order valence-corrected chi connectivity index (χ0v) is 15.1. The highest BCUT2D eigenvalue weighted by Gasteiger charge is 2.27. The second kappa shape index (κ2) is 6.78. The summed E-state index contributed by atoms with van der Waals surface area (Å²) in [5.41, 5.74) is 1.41. The minimum absolute atomic E-state index is 0.111. The number of aryl methyl sites for hydroxylation is 1. The molecule has 2 amide bonds. The molecule has 1 aliphatic rings. The highest BCUT2D eigenvalue weighted by Crippen LogP contribution is 2.30. The Labute approximate surface area is 154 Å². The molecular weight excluding hydrogens is 350 g/mol. The first-order valence-electron chi connectivity index (χ1n) is 8.78. The van der Waals surface area contributed by atoms with Crippen LogP contribution >= 0.6 is 0 Å². The molecule has 3 heterocycles. The summed E-state index contributed by atoms with van der Waals surface area (Å²) < 4.78 is 5.35. The number of hydrogen-bond acceptors (Lipinski definition) is 5. The Morgan fingerprint density at radius 1 is 1.33 bits per heavy atom. The SMILES string of the molecule is COc1cc2[nH]c(=O)[nH]c2cc1NC(=O)N1CCC[C@@H](c2n[nH]c(C)n2)C1. The second-order valence-corrected chi connectivity index (χ2v) is 6.67. The third-order valence-electron chi connectivity index (χ3n) is 4.77. The van der Waals surface area contributed by atoms with E-state index in [0.717, 1.165) is 24.5 Å². The van der Waals surface area contributed by atoms with Gasteiger partial charge >= 0.3 is 11.7 Å². The predicted molar refractivity (Wildman–Crippen MR) is 99.2 cm³/mol. The highest BCUT2D eigenvalue weighted by atomic mass is 16.5. The number of aromatic nitrogens is 5. The first-order valence-corrected chi connectivity index (χ1v) is 8.78. The van der Waals surface area contributed by atoms with Crippen molar-refractivity contribution >= 4 is 22.8 Å². The molecule has 27 heavy (non-hydrogen) atoms. The molecule has 0 unspecified atom stereocenters. The molecule has 0 aliphatic carbocycles. The number of nitrogens with zero attached hydrogens (tertiary/aromatic N) is 3. The van der Waals surface area contributed by atoms with Crippen LogP contribution in [0.2, 0.25) is 0 Å². The summed E-state index contributed by atoms with van der Waals surface area (Å²) in [7, 11) is 1.52. The van der Waals surface area contributed by atoms with Gasteiger partial charge in [0.1, 0.15) is 11.6 Å². The van der Waals surface area contributed by atoms with E-state index in [9.17, 15) is 9.59 Å². The molecule has 2 aromatic heterocycles. The molecule has 0 spiro atoms. The van der Waals surface area contributed by atoms with Gasteiger partial charge in [0, 0.05) is 25.1 Å². The lowest BCUT2D eigenvalue weighted by molar-refractivity contribution is 0.191. The molecule has 0 bridgehead atoms. The summed E-state index contributed by atoms with van der Waals surface area (Å²) in [6.07, 6.45) is 1.83. The molecule has 0 radical (unpaired) electrons. The lowest BCUT2D eigenvalue weighted by Crippen LogP contribution is -2.41. The molecule has 4 rings (SSSR count). The number of carbonyl (C=O) groups is 1. The van der Waals surface area contributed by atoms with Crippen molar-refractivity contribution in [3.05, 3.63) is 34.3 Å². The van der Waals surface area contributed by atoms with Crippen LogP contribution in [0.1, 0.15) is 30.4 Å². The Morgan fingerprint density at radius 2 is 2.11 bits per heavy atom. The number of amides is 2. The van der Waals surface area contributed by atoms with Crippen molar-refractivity contribution in [2.75, 3.05) is 25.5 Å². The maximum absolute atomic E-state index is 12.8. The number of imidazole rings is 1. The average Bonchev–Trinajstić information content (AvgIpc) is 3.25. The topological polar surface area (TPSA) is 132 Å². The van der Waals surface area contributed by atoms with E-state index in [0.29, 0.717) is 35.6 Å². The van der Waals surface area contributed by atoms with Gasteiger partial charge in [-0.3, -0.25) is 5.10 Å². The number of piperidine rings is 1. The van der Waals surface area contributed by atoms with Crippen molar-refractivity contribution < 1.29 is 9.53 Å². The molecule has 0 saturated carbocycles. The van der Waals surface area contributed by atoms with Crippen LogP contribution in [0.15, 0.2) is 16.9 Å². The van der Waals surface area contributed by atoms with Gasteiger partial charge in [-0.15, -0.1) is 0 Å². The molecule has 1 saturated heterocycles. The van der Waals surface area contributed by atoms with E-state index in [1.165, 1.54) is 7.11 Å². The highest BCUT2D eigenvalue weighted by molar-refractivity contribution is 5.94. The number of rotatable bonds is 3. The minimum atomic E-state index is -0.309. The van der Waals surface area contributed by atoms with Gasteiger partial charge in [-0.05, 0) is 25.8 Å². The Balaban J connectivity index is 1.53. The van der Waals surface area contributed by atoms with Crippen molar-refractivity contribution in [2.24, 2.45) is 0 Å². The summed E-state index contributed by atoms with van der Waals surface area (Å²) in [5.74, 6) is 2.10. The normalized spacial score (nSPS) is 17.3. The predicted octanol–water partition coefficient (Wildman–Crippen LogP) is 1.70. The summed E-state index contributed by atoms with van der Waals surface area (Å²) in [6.45, 7) is 3.07. The lowest BCUT2D eigenvalue weighted by Gasteiger charge is -2.31. The van der Waals surface area contributed by atoms with Gasteiger partial charge in [-0.25, -0.2) is 14.6 Å². The maximum Gasteiger partial charge on any atom is 0.323 e. The molecule has 10 nitrogen and oxygen atoms in total. The third-order valence-corrected chi connectivity index (χ3v) is 4.77. The van der Waals surface area contributed by atoms with Gasteiger partial charge in [-0.2, -0.15) is 5.10 Å². The number of hydrogen-bond donors (Lipinski definition) is 4. The number of anilines is 1. The molecule has 4 N–H and O–H groups in total. The fourth-order valence-corrected chi connectivity index (χ4v) is 3.44. The number of carbonyl (C=O) groups excluding carboxylic acids is 1. The minimum Gasteiger partial charge on any atom is -0.494 e. The molecule has 1 atom stereocenters. The fraction of sp³-hybridized carbons (Fsp3) is 0.412. The number of aromatic amines is 3. The van der Waals surface area contributed by atoms with E-state index in [-0.39, 0.29) is 17.6 Å². The molecule has 3 aromatic rings. The van der Waals surface area contributed by atoms with E-state index in [4.69, 9.17) is 4.74 Å². The molecule has 142 valence electrons. The zero-order chi connectivity index (χ0) is 19.0. The van der Waals surface area contributed by atoms with E-state index in [1.54, 1.807) is 17.0 Å². The van der Waals surface area contributed by atoms with Crippen LogP contribution in [0.5, 0.6) is 5.75 Å². The first kappa shape index (κ1) is 17.1. The fourth-order valence-electron chi connectivity index (χ4n) is 3.44. The summed E-state index contributed by atoms with van der Waals surface area (Å²) in [5, 5.41) is 9.97. The standard InChI is InChI=1S/C17H21N7O3/c1-9-18-15(23-22-9)10-4-3-5-24(8-10)17(26)21-13-6-11-12(7-14(13)27-2)20-16(25)19-11/h6-7,10H,3-5,8H2,1-2H3,(H,21,26)(H,18,22,23)(H2,19,20,25)/t10-/m1/s1. The molecule has 1 aliphatic heterocycles. The molecule has 1 fully saturated rings. The molecule has 1 aromatic carbocycles. The Morgan fingerprint density at radius 3 is 2.81 bits per heavy atom. The largest absolute Gasteiger partial charge is 0.494 e. The van der Waals surface area contributed by atoms with Crippen LogP contribution in [-0.2, 0) is 0 Å². The number of nitrogens with one attached hydrogen (secondary N) is 4. The Bertz CT molecular complexity index is 1030. The van der Waals surface area contributed by atoms with Crippen molar-refractivity contribution in [3.8, 4) is 5.75 Å². The van der Waals surface area contributed by atoms with E-state index in [1.807, 2.05) is 6.92 Å². The number of fused-ring (bicyclic) bond motifs is 1. The second-order valence-electron chi connectivity index (χ2n) is 6.67. The number of benzene rings is 1. The number of ether oxygens (including phenoxy) is 1. The smallest absolute Gasteiger partial charge is 0.323 e. The Hall–Kier alpha value is -3.30. The van der Waals surface area contributed by atoms with E-state index in [2.05, 4.69) is 30.5 Å². The quantitative estimate of drug-likeness (QED) is 0.556. The monoisotopic (exact) mass is 371 g/mol. The summed E-state index contributed by atoms with van der Waals surface area (Å²) >= 11 is 0. The number of urea groups is 1. The first-order chi connectivity index (χ1) is 13.0. The van der Waals surface area contributed by atoms with Gasteiger partial charge < -0.3 is 24.9 Å². The lowest BCUT2D eigenvalue weighted by atomic mass is 9.97. The zero-order valence-electron chi connectivity index (χ0n) is 15.1. The van der Waals surface area contributed by atoms with Crippen LogP contribution in [0.3, 0.4) is 0 Å². The summed E-state index contributed by atoms with van der Waals surface area (Å²) in [6, 6.07) is 3.14. The van der Waals surface area contributed by atoms with Gasteiger partial charge in [0.2, 0.25) is 0 Å². The van der Waals surface area contributed by atoms with Gasteiger partial charge in [0.15, 0.2) is 5.82 Å². The number of methoxy groups -OCH3 is 1. The van der Waals surface area contributed by atoms with Crippen LogP contribution in [-0.4, -0.2) is 56.3 Å². The maximum atomic E-state index is 12.8. The van der Waals surface area contributed by atoms with Gasteiger partial charge in [0.05, 0.1) is 23.8 Å². The van der Waals surface area contributed by atoms with Crippen molar-refractivity contribution in [2.45, 2.75) is 25.7 Å². The van der Waals surface area contributed by atoms with Crippen molar-refractivity contribution in [1.82, 2.24) is 30.0 Å². The third kappa shape index (κ3) is 3.37. The van der Waals surface area contributed by atoms with Crippen LogP contribution in [0, 0.1) is 6.92 Å². The Kier molecular flexibility index (Phi) is 4.30. The van der Waals surface area contributed by atoms with E-state index >= 15 is 0 Å². The van der Waals surface area contributed by atoms with Crippen molar-refractivity contribution in [3.63, 3.8) is 0 Å².